The van der Waals surface area contributed by atoms with E-state index in [4.69, 9.17) is 5.11 Å². The van der Waals surface area contributed by atoms with E-state index in [0.717, 1.165) is 32.2 Å². The summed E-state index contributed by atoms with van der Waals surface area (Å²) < 4.78 is 0. The van der Waals surface area contributed by atoms with Crippen molar-refractivity contribution in [3.63, 3.8) is 0 Å². The van der Waals surface area contributed by atoms with Gasteiger partial charge in [-0.1, -0.05) is 26.7 Å². The van der Waals surface area contributed by atoms with Gasteiger partial charge in [-0.15, -0.1) is 0 Å². The lowest BCUT2D eigenvalue weighted by Gasteiger charge is -2.35. The van der Waals surface area contributed by atoms with Crippen molar-refractivity contribution in [1.29, 1.82) is 0 Å². The molecule has 0 bridgehead atoms. The topological polar surface area (TPSA) is 57.6 Å². The molecule has 0 radical (unpaired) electrons. The van der Waals surface area contributed by atoms with Gasteiger partial charge >= 0.3 is 5.97 Å². The van der Waals surface area contributed by atoms with Crippen LogP contribution in [0.25, 0.3) is 0 Å². The zero-order valence-electron chi connectivity index (χ0n) is 13.4. The molecule has 2 fully saturated rings. The first-order valence-electron chi connectivity index (χ1n) is 8.52. The lowest BCUT2D eigenvalue weighted by Crippen LogP contribution is -2.45. The first kappa shape index (κ1) is 16.3. The number of nitrogens with zero attached hydrogens (tertiary/aromatic N) is 1. The Morgan fingerprint density at radius 3 is 2.00 bits per heavy atom. The molecule has 2 saturated carbocycles. The van der Waals surface area contributed by atoms with Gasteiger partial charge in [0.25, 0.3) is 0 Å². The maximum absolute atomic E-state index is 12.9. The minimum atomic E-state index is -0.698. The molecule has 1 N–H and O–H groups in total. The summed E-state index contributed by atoms with van der Waals surface area (Å²) in [6.45, 7) is 5.18. The van der Waals surface area contributed by atoms with E-state index in [0.29, 0.717) is 30.7 Å². The van der Waals surface area contributed by atoms with Gasteiger partial charge in [0.15, 0.2) is 0 Å². The number of carboxylic acids is 1. The van der Waals surface area contributed by atoms with Gasteiger partial charge in [-0.05, 0) is 44.4 Å². The second kappa shape index (κ2) is 7.28. The summed E-state index contributed by atoms with van der Waals surface area (Å²) in [6.07, 6.45) is 7.56. The van der Waals surface area contributed by atoms with Crippen LogP contribution in [0.15, 0.2) is 0 Å². The van der Waals surface area contributed by atoms with Crippen molar-refractivity contribution in [2.24, 2.45) is 17.8 Å². The average molecular weight is 295 g/mol. The Hall–Kier alpha value is -1.06. The fourth-order valence-corrected chi connectivity index (χ4v) is 3.85. The lowest BCUT2D eigenvalue weighted by atomic mass is 9.81. The van der Waals surface area contributed by atoms with Crippen molar-refractivity contribution >= 4 is 11.9 Å². The molecule has 0 spiro atoms. The van der Waals surface area contributed by atoms with Crippen molar-refractivity contribution < 1.29 is 14.7 Å². The van der Waals surface area contributed by atoms with E-state index in [2.05, 4.69) is 18.7 Å². The van der Waals surface area contributed by atoms with Gasteiger partial charge in [0.1, 0.15) is 0 Å². The fraction of sp³-hybridized carbons (Fsp3) is 0.882. The Labute approximate surface area is 127 Å². The van der Waals surface area contributed by atoms with Crippen LogP contribution in [-0.4, -0.2) is 34.5 Å². The van der Waals surface area contributed by atoms with Gasteiger partial charge in [-0.25, -0.2) is 0 Å². The van der Waals surface area contributed by atoms with Crippen molar-refractivity contribution in [1.82, 2.24) is 4.90 Å². The molecule has 2 aliphatic carbocycles. The van der Waals surface area contributed by atoms with Gasteiger partial charge in [-0.3, -0.25) is 9.59 Å². The van der Waals surface area contributed by atoms with E-state index >= 15 is 0 Å². The normalized spacial score (nSPS) is 27.0. The zero-order chi connectivity index (χ0) is 15.4. The smallest absolute Gasteiger partial charge is 0.306 e. The van der Waals surface area contributed by atoms with E-state index in [1.165, 1.54) is 12.8 Å². The van der Waals surface area contributed by atoms with Crippen LogP contribution in [0.3, 0.4) is 0 Å². The average Bonchev–Trinajstić information content (AvgIpc) is 2.98. The predicted octanol–water partition coefficient (Wildman–Crippen LogP) is 3.30. The van der Waals surface area contributed by atoms with Crippen molar-refractivity contribution in [3.05, 3.63) is 0 Å². The number of carbonyl (C=O) groups excluding carboxylic acids is 1. The van der Waals surface area contributed by atoms with Crippen LogP contribution in [0.5, 0.6) is 0 Å². The van der Waals surface area contributed by atoms with Crippen LogP contribution in [-0.2, 0) is 9.59 Å². The Bertz CT molecular complexity index is 366. The third kappa shape index (κ3) is 4.21. The van der Waals surface area contributed by atoms with Crippen molar-refractivity contribution in [2.75, 3.05) is 6.54 Å². The van der Waals surface area contributed by atoms with E-state index in [9.17, 15) is 9.59 Å². The molecule has 2 aliphatic rings. The molecule has 0 aromatic rings. The number of hydrogen-bond donors (Lipinski definition) is 1. The van der Waals surface area contributed by atoms with Gasteiger partial charge in [0.05, 0.1) is 5.92 Å². The maximum Gasteiger partial charge on any atom is 0.306 e. The van der Waals surface area contributed by atoms with Crippen LogP contribution >= 0.6 is 0 Å². The number of rotatable bonds is 5. The fourth-order valence-electron chi connectivity index (χ4n) is 3.85. The van der Waals surface area contributed by atoms with E-state index in [1.807, 2.05) is 0 Å². The van der Waals surface area contributed by atoms with Crippen molar-refractivity contribution in [2.45, 2.75) is 71.3 Å². The molecule has 0 aromatic carbocycles. The van der Waals surface area contributed by atoms with Crippen LogP contribution in [0.4, 0.5) is 0 Å². The quantitative estimate of drug-likeness (QED) is 0.846. The molecule has 4 nitrogen and oxygen atoms in total. The van der Waals surface area contributed by atoms with Crippen LogP contribution in [0, 0.1) is 17.8 Å². The van der Waals surface area contributed by atoms with Gasteiger partial charge in [0, 0.05) is 18.5 Å². The molecule has 0 aromatic heterocycles. The summed E-state index contributed by atoms with van der Waals surface area (Å²) in [5, 5.41) is 9.07. The summed E-state index contributed by atoms with van der Waals surface area (Å²) in [7, 11) is 0. The summed E-state index contributed by atoms with van der Waals surface area (Å²) in [5.41, 5.74) is 0. The first-order chi connectivity index (χ1) is 9.99. The molecule has 21 heavy (non-hydrogen) atoms. The predicted molar refractivity (Wildman–Crippen MR) is 81.9 cm³/mol. The van der Waals surface area contributed by atoms with E-state index in [-0.39, 0.29) is 11.8 Å². The highest BCUT2D eigenvalue weighted by atomic mass is 16.4. The Balaban J connectivity index is 1.96. The van der Waals surface area contributed by atoms with Gasteiger partial charge in [0.2, 0.25) is 5.91 Å². The molecule has 2 rings (SSSR count). The molecule has 1 amide bonds. The molecular formula is C17H29NO3. The summed E-state index contributed by atoms with van der Waals surface area (Å²) in [5.74, 6) is -0.0981. The number of amides is 1. The number of aliphatic carboxylic acids is 1. The molecule has 0 heterocycles. The monoisotopic (exact) mass is 295 g/mol. The van der Waals surface area contributed by atoms with E-state index in [1.54, 1.807) is 0 Å². The minimum Gasteiger partial charge on any atom is -0.481 e. The Kier molecular flexibility index (Phi) is 5.65. The highest BCUT2D eigenvalue weighted by molar-refractivity contribution is 5.80. The van der Waals surface area contributed by atoms with Crippen LogP contribution in [0.1, 0.15) is 65.2 Å². The van der Waals surface area contributed by atoms with Gasteiger partial charge in [-0.2, -0.15) is 0 Å². The number of carbonyl (C=O) groups is 2. The third-order valence-electron chi connectivity index (χ3n) is 5.04. The molecule has 120 valence electrons. The third-order valence-corrected chi connectivity index (χ3v) is 5.04. The molecule has 4 heteroatoms. The number of hydrogen-bond acceptors (Lipinski definition) is 2. The van der Waals surface area contributed by atoms with Crippen LogP contribution < -0.4 is 0 Å². The molecule has 0 unspecified atom stereocenters. The SMILES string of the molecule is CC(C)CN(C(=O)C1CCC(C(=O)O)CC1)C1CCCC1. The molecule has 0 atom stereocenters. The molecular weight excluding hydrogens is 266 g/mol. The standard InChI is InChI=1S/C17H29NO3/c1-12(2)11-18(15-5-3-4-6-15)16(19)13-7-9-14(10-8-13)17(20)21/h12-15H,3-11H2,1-2H3,(H,20,21). The molecule has 0 aliphatic heterocycles. The summed E-state index contributed by atoms with van der Waals surface area (Å²) >= 11 is 0. The maximum atomic E-state index is 12.9. The highest BCUT2D eigenvalue weighted by Crippen LogP contribution is 2.33. The number of carboxylic acid groups (broad SMARTS) is 1. The summed E-state index contributed by atoms with van der Waals surface area (Å²) in [6, 6.07) is 0.428. The first-order valence-corrected chi connectivity index (χ1v) is 8.52. The zero-order valence-corrected chi connectivity index (χ0v) is 13.4. The largest absolute Gasteiger partial charge is 0.481 e. The Morgan fingerprint density at radius 1 is 1.00 bits per heavy atom. The second-order valence-electron chi connectivity index (χ2n) is 7.21. The highest BCUT2D eigenvalue weighted by Gasteiger charge is 2.35. The lowest BCUT2D eigenvalue weighted by molar-refractivity contribution is -0.146. The van der Waals surface area contributed by atoms with E-state index < -0.39 is 5.97 Å². The van der Waals surface area contributed by atoms with Gasteiger partial charge < -0.3 is 10.0 Å². The Morgan fingerprint density at radius 2 is 1.52 bits per heavy atom. The minimum absolute atomic E-state index is 0.0555. The second-order valence-corrected chi connectivity index (χ2v) is 7.21. The van der Waals surface area contributed by atoms with Crippen LogP contribution in [0.2, 0.25) is 0 Å². The molecule has 0 saturated heterocycles. The van der Waals surface area contributed by atoms with Crippen molar-refractivity contribution in [3.8, 4) is 0 Å². The summed E-state index contributed by atoms with van der Waals surface area (Å²) in [4.78, 5) is 26.0.